The molecule has 0 spiro atoms. The molecule has 2 aliphatic rings. The van der Waals surface area contributed by atoms with Crippen LogP contribution in [0.4, 0.5) is 9.18 Å². The van der Waals surface area contributed by atoms with Crippen molar-refractivity contribution in [3.8, 4) is 0 Å². The van der Waals surface area contributed by atoms with Crippen molar-refractivity contribution in [3.63, 3.8) is 0 Å². The molecule has 1 aliphatic heterocycles. The van der Waals surface area contributed by atoms with Crippen LogP contribution < -0.4 is 10.6 Å². The lowest BCUT2D eigenvalue weighted by atomic mass is 9.92. The number of carbonyl (C=O) groups is 3. The van der Waals surface area contributed by atoms with Crippen molar-refractivity contribution in [3.05, 3.63) is 34.6 Å². The molecule has 4 amide bonds. The van der Waals surface area contributed by atoms with E-state index in [0.29, 0.717) is 0 Å². The van der Waals surface area contributed by atoms with Gasteiger partial charge in [0, 0.05) is 16.6 Å². The molecule has 0 radical (unpaired) electrons. The summed E-state index contributed by atoms with van der Waals surface area (Å²) in [5, 5.41) is 5.28. The molecule has 1 saturated heterocycles. The van der Waals surface area contributed by atoms with E-state index < -0.39 is 23.3 Å². The predicted octanol–water partition coefficient (Wildman–Crippen LogP) is 1.52. The molecule has 1 aromatic carbocycles. The molecule has 3 rings (SSSR count). The van der Waals surface area contributed by atoms with Gasteiger partial charge in [0.05, 0.1) is 0 Å². The lowest BCUT2D eigenvalue weighted by molar-refractivity contribution is -0.134. The molecule has 1 atom stereocenters. The van der Waals surface area contributed by atoms with E-state index in [1.54, 1.807) is 0 Å². The van der Waals surface area contributed by atoms with Crippen LogP contribution in [0.25, 0.3) is 0 Å². The Labute approximate surface area is 137 Å². The maximum absolute atomic E-state index is 13.2. The van der Waals surface area contributed by atoms with Gasteiger partial charge in [0.15, 0.2) is 0 Å². The van der Waals surface area contributed by atoms with Gasteiger partial charge in [0.25, 0.3) is 5.91 Å². The van der Waals surface area contributed by atoms with Crippen molar-refractivity contribution in [2.24, 2.45) is 0 Å². The maximum atomic E-state index is 13.2. The minimum absolute atomic E-state index is 0.0328. The van der Waals surface area contributed by atoms with Crippen LogP contribution in [0, 0.1) is 5.82 Å². The van der Waals surface area contributed by atoms with E-state index >= 15 is 0 Å². The molecule has 1 aromatic rings. The van der Waals surface area contributed by atoms with Crippen LogP contribution in [0.5, 0.6) is 0 Å². The molecule has 1 heterocycles. The third-order valence-electron chi connectivity index (χ3n) is 3.99. The zero-order chi connectivity index (χ0) is 16.8. The zero-order valence-corrected chi connectivity index (χ0v) is 13.1. The first kappa shape index (κ1) is 15.7. The number of imide groups is 1. The van der Waals surface area contributed by atoms with E-state index in [1.807, 2.05) is 0 Å². The number of hydrogen-bond acceptors (Lipinski definition) is 3. The van der Waals surface area contributed by atoms with E-state index in [1.165, 1.54) is 13.0 Å². The second kappa shape index (κ2) is 5.49. The molecule has 0 aromatic heterocycles. The Morgan fingerprint density at radius 3 is 2.78 bits per heavy atom. The minimum atomic E-state index is -1.43. The van der Waals surface area contributed by atoms with Crippen LogP contribution in [-0.2, 0) is 15.1 Å². The van der Waals surface area contributed by atoms with Crippen LogP contribution in [0.1, 0.15) is 25.3 Å². The van der Waals surface area contributed by atoms with E-state index in [4.69, 9.17) is 11.6 Å². The largest absolute Gasteiger partial charge is 0.352 e. The van der Waals surface area contributed by atoms with Gasteiger partial charge in [-0.15, -0.1) is 0 Å². The monoisotopic (exact) mass is 339 g/mol. The standard InChI is InChI=1S/C15H15ClFN3O3/c1-15(10-5-2-8(17)6-11(10)16)13(22)20(14(23)19-15)7-12(21)18-9-3-4-9/h2,5-6,9H,3-4,7H2,1H3,(H,18,21)(H,19,23)/t15-/m0/s1. The fourth-order valence-corrected chi connectivity index (χ4v) is 2.92. The Hall–Kier alpha value is -2.15. The van der Waals surface area contributed by atoms with Gasteiger partial charge >= 0.3 is 6.03 Å². The van der Waals surface area contributed by atoms with Crippen molar-refractivity contribution in [2.75, 3.05) is 6.54 Å². The molecule has 122 valence electrons. The van der Waals surface area contributed by atoms with Gasteiger partial charge in [-0.1, -0.05) is 17.7 Å². The van der Waals surface area contributed by atoms with Crippen molar-refractivity contribution in [1.29, 1.82) is 0 Å². The highest BCUT2D eigenvalue weighted by Crippen LogP contribution is 2.33. The average molecular weight is 340 g/mol. The van der Waals surface area contributed by atoms with Crippen molar-refractivity contribution < 1.29 is 18.8 Å². The first-order chi connectivity index (χ1) is 10.8. The third kappa shape index (κ3) is 2.88. The van der Waals surface area contributed by atoms with Crippen molar-refractivity contribution >= 4 is 29.4 Å². The molecule has 6 nitrogen and oxygen atoms in total. The summed E-state index contributed by atoms with van der Waals surface area (Å²) >= 11 is 6.00. The van der Waals surface area contributed by atoms with Gasteiger partial charge in [-0.2, -0.15) is 0 Å². The molecule has 1 saturated carbocycles. The number of nitrogens with zero attached hydrogens (tertiary/aromatic N) is 1. The summed E-state index contributed by atoms with van der Waals surface area (Å²) in [5.74, 6) is -1.52. The number of benzene rings is 1. The Morgan fingerprint density at radius 2 is 2.17 bits per heavy atom. The Balaban J connectivity index is 1.82. The minimum Gasteiger partial charge on any atom is -0.352 e. The molecule has 23 heavy (non-hydrogen) atoms. The van der Waals surface area contributed by atoms with E-state index in [9.17, 15) is 18.8 Å². The van der Waals surface area contributed by atoms with E-state index in [-0.39, 0.29) is 29.1 Å². The number of rotatable bonds is 4. The molecule has 0 bridgehead atoms. The van der Waals surface area contributed by atoms with Crippen LogP contribution in [0.15, 0.2) is 18.2 Å². The summed E-state index contributed by atoms with van der Waals surface area (Å²) in [6.07, 6.45) is 1.82. The molecule has 8 heteroatoms. The molecular formula is C15H15ClFN3O3. The van der Waals surface area contributed by atoms with Crippen LogP contribution >= 0.6 is 11.6 Å². The number of halogens is 2. The van der Waals surface area contributed by atoms with Crippen molar-refractivity contribution in [2.45, 2.75) is 31.3 Å². The third-order valence-corrected chi connectivity index (χ3v) is 4.30. The van der Waals surface area contributed by atoms with Gasteiger partial charge in [-0.3, -0.25) is 14.5 Å². The fourth-order valence-electron chi connectivity index (χ4n) is 2.56. The number of carbonyl (C=O) groups excluding carboxylic acids is 3. The van der Waals surface area contributed by atoms with Crippen molar-refractivity contribution in [1.82, 2.24) is 15.5 Å². The average Bonchev–Trinajstić information content (AvgIpc) is 3.23. The number of hydrogen-bond donors (Lipinski definition) is 2. The number of nitrogens with one attached hydrogen (secondary N) is 2. The highest BCUT2D eigenvalue weighted by Gasteiger charge is 2.50. The second-order valence-corrected chi connectivity index (χ2v) is 6.32. The lowest BCUT2D eigenvalue weighted by Gasteiger charge is -2.23. The predicted molar refractivity (Wildman–Crippen MR) is 80.2 cm³/mol. The van der Waals surface area contributed by atoms with Gasteiger partial charge < -0.3 is 10.6 Å². The molecule has 2 fully saturated rings. The summed E-state index contributed by atoms with van der Waals surface area (Å²) in [6, 6.07) is 3.05. The van der Waals surface area contributed by atoms with E-state index in [2.05, 4.69) is 10.6 Å². The maximum Gasteiger partial charge on any atom is 0.325 e. The number of urea groups is 1. The Kier molecular flexibility index (Phi) is 3.75. The van der Waals surface area contributed by atoms with Gasteiger partial charge in [-0.25, -0.2) is 9.18 Å². The fraction of sp³-hybridized carbons (Fsp3) is 0.400. The quantitative estimate of drug-likeness (QED) is 0.816. The molecule has 1 aliphatic carbocycles. The molecule has 0 unspecified atom stereocenters. The van der Waals surface area contributed by atoms with Gasteiger partial charge in [0.1, 0.15) is 17.9 Å². The second-order valence-electron chi connectivity index (χ2n) is 5.91. The van der Waals surface area contributed by atoms with Gasteiger partial charge in [0.2, 0.25) is 5.91 Å². The van der Waals surface area contributed by atoms with Crippen LogP contribution in [0.3, 0.4) is 0 Å². The summed E-state index contributed by atoms with van der Waals surface area (Å²) < 4.78 is 13.2. The summed E-state index contributed by atoms with van der Waals surface area (Å²) in [5.41, 5.74) is -1.15. The highest BCUT2D eigenvalue weighted by atomic mass is 35.5. The SMILES string of the molecule is C[C@@]1(c2ccc(F)cc2Cl)NC(=O)N(CC(=O)NC2CC2)C1=O. The highest BCUT2D eigenvalue weighted by molar-refractivity contribution is 6.32. The summed E-state index contributed by atoms with van der Waals surface area (Å²) in [4.78, 5) is 37.4. The first-order valence-corrected chi connectivity index (χ1v) is 7.58. The molecular weight excluding hydrogens is 325 g/mol. The lowest BCUT2D eigenvalue weighted by Crippen LogP contribution is -2.43. The summed E-state index contributed by atoms with van der Waals surface area (Å²) in [7, 11) is 0. The first-order valence-electron chi connectivity index (χ1n) is 7.20. The van der Waals surface area contributed by atoms with Crippen LogP contribution in [0.2, 0.25) is 5.02 Å². The van der Waals surface area contributed by atoms with Gasteiger partial charge in [-0.05, 0) is 31.9 Å². The Morgan fingerprint density at radius 1 is 1.48 bits per heavy atom. The normalized spacial score (nSPS) is 23.9. The van der Waals surface area contributed by atoms with Crippen LogP contribution in [-0.4, -0.2) is 35.3 Å². The smallest absolute Gasteiger partial charge is 0.325 e. The topological polar surface area (TPSA) is 78.5 Å². The number of amides is 4. The Bertz CT molecular complexity index is 707. The molecule has 2 N–H and O–H groups in total. The summed E-state index contributed by atoms with van der Waals surface area (Å²) in [6.45, 7) is 1.13. The van der Waals surface area contributed by atoms with E-state index in [0.717, 1.165) is 29.9 Å². The zero-order valence-electron chi connectivity index (χ0n) is 12.4.